The average Bonchev–Trinajstić information content (AvgIpc) is 3.47. The van der Waals surface area contributed by atoms with Crippen molar-refractivity contribution in [2.75, 3.05) is 0 Å². The first-order valence-electron chi connectivity index (χ1n) is 14.7. The van der Waals surface area contributed by atoms with Crippen LogP contribution in [0.1, 0.15) is 70.9 Å². The predicted molar refractivity (Wildman–Crippen MR) is 158 cm³/mol. The van der Waals surface area contributed by atoms with Gasteiger partial charge in [0.25, 0.3) is 0 Å². The van der Waals surface area contributed by atoms with Crippen molar-refractivity contribution in [1.29, 1.82) is 0 Å². The van der Waals surface area contributed by atoms with Gasteiger partial charge in [-0.25, -0.2) is 0 Å². The molecule has 2 heterocycles. The number of rotatable bonds is 1. The molecule has 38 heavy (non-hydrogen) atoms. The zero-order valence-electron chi connectivity index (χ0n) is 22.8. The molecule has 0 amide bonds. The van der Waals surface area contributed by atoms with Gasteiger partial charge in [-0.1, -0.05) is 48.5 Å². The van der Waals surface area contributed by atoms with Gasteiger partial charge < -0.3 is 9.31 Å². The highest BCUT2D eigenvalue weighted by atomic mass is 32.1. The summed E-state index contributed by atoms with van der Waals surface area (Å²) in [5.41, 5.74) is 6.85. The Morgan fingerprint density at radius 3 is 2.13 bits per heavy atom. The minimum Gasteiger partial charge on any atom is -0.399 e. The molecule has 1 aliphatic heterocycles. The van der Waals surface area contributed by atoms with E-state index >= 15 is 0 Å². The second kappa shape index (κ2) is 7.13. The van der Waals surface area contributed by atoms with Crippen LogP contribution < -0.4 is 5.46 Å². The molecule has 5 aliphatic carbocycles. The van der Waals surface area contributed by atoms with Crippen LogP contribution in [0.4, 0.5) is 0 Å². The van der Waals surface area contributed by atoms with E-state index in [2.05, 4.69) is 82.3 Å². The normalized spacial score (nSPS) is 33.5. The molecular weight excluding hydrogens is 483 g/mol. The second-order valence-corrected chi connectivity index (χ2v) is 15.1. The van der Waals surface area contributed by atoms with Crippen molar-refractivity contribution in [2.45, 2.75) is 76.4 Å². The summed E-state index contributed by atoms with van der Waals surface area (Å²) in [5, 5.41) is 2.87. The summed E-state index contributed by atoms with van der Waals surface area (Å²) in [6, 6.07) is 21.2. The van der Waals surface area contributed by atoms with E-state index in [1.54, 1.807) is 15.8 Å². The molecule has 5 fully saturated rings. The van der Waals surface area contributed by atoms with E-state index in [0.29, 0.717) is 0 Å². The maximum absolute atomic E-state index is 6.52. The van der Waals surface area contributed by atoms with Crippen LogP contribution in [0, 0.1) is 23.7 Å². The third-order valence-corrected chi connectivity index (χ3v) is 12.9. The maximum Gasteiger partial charge on any atom is 0.494 e. The van der Waals surface area contributed by atoms with Crippen molar-refractivity contribution in [2.24, 2.45) is 23.7 Å². The van der Waals surface area contributed by atoms with Gasteiger partial charge >= 0.3 is 7.12 Å². The van der Waals surface area contributed by atoms with Crippen molar-refractivity contribution in [3.05, 3.63) is 65.7 Å². The Morgan fingerprint density at radius 1 is 0.737 bits per heavy atom. The fourth-order valence-corrected chi connectivity index (χ4v) is 10.9. The molecular formula is C34H35BO2S. The zero-order chi connectivity index (χ0) is 25.6. The molecule has 4 bridgehead atoms. The molecule has 1 spiro atoms. The lowest BCUT2D eigenvalue weighted by atomic mass is 9.43. The third kappa shape index (κ3) is 2.63. The highest BCUT2D eigenvalue weighted by molar-refractivity contribution is 7.26. The lowest BCUT2D eigenvalue weighted by Crippen LogP contribution is -2.55. The Hall–Kier alpha value is -2.14. The van der Waals surface area contributed by atoms with Crippen LogP contribution in [-0.4, -0.2) is 18.3 Å². The van der Waals surface area contributed by atoms with E-state index in [1.165, 1.54) is 58.7 Å². The average molecular weight is 519 g/mol. The van der Waals surface area contributed by atoms with Crippen LogP contribution in [0.5, 0.6) is 0 Å². The van der Waals surface area contributed by atoms with Crippen molar-refractivity contribution in [3.8, 4) is 11.1 Å². The minimum atomic E-state index is -0.333. The minimum absolute atomic E-state index is 0.160. The van der Waals surface area contributed by atoms with Gasteiger partial charge in [0, 0.05) is 25.6 Å². The molecule has 0 radical (unpaired) electrons. The maximum atomic E-state index is 6.52. The second-order valence-electron chi connectivity index (χ2n) is 14.0. The topological polar surface area (TPSA) is 18.5 Å². The molecule has 4 saturated carbocycles. The lowest BCUT2D eigenvalue weighted by Gasteiger charge is -2.61. The monoisotopic (exact) mass is 518 g/mol. The number of benzene rings is 3. The smallest absolute Gasteiger partial charge is 0.399 e. The summed E-state index contributed by atoms with van der Waals surface area (Å²) in [5.74, 6) is 3.41. The largest absolute Gasteiger partial charge is 0.494 e. The van der Waals surface area contributed by atoms with E-state index in [0.717, 1.165) is 29.1 Å². The standard InChI is InChI=1S/C34H35BO2S/c1-32(2)33(3,4)37-35(36-32)23-9-12-28-27(18-23)25-10-11-26-24-7-5-6-8-29(24)38-31(26)30(25)34(28)21-14-19-13-20(16-21)17-22(34)15-19/h5-12,18-22H,13-17H2,1-4H3. The Morgan fingerprint density at radius 2 is 1.42 bits per heavy atom. The summed E-state index contributed by atoms with van der Waals surface area (Å²) in [6.45, 7) is 8.60. The van der Waals surface area contributed by atoms with Gasteiger partial charge in [-0.15, -0.1) is 11.3 Å². The molecule has 2 nitrogen and oxygen atoms in total. The van der Waals surface area contributed by atoms with Crippen LogP contribution in [0.2, 0.25) is 0 Å². The summed E-state index contributed by atoms with van der Waals surface area (Å²) in [4.78, 5) is 0. The summed E-state index contributed by atoms with van der Waals surface area (Å²) < 4.78 is 16.0. The van der Waals surface area contributed by atoms with Crippen LogP contribution in [0.25, 0.3) is 31.3 Å². The summed E-state index contributed by atoms with van der Waals surface area (Å²) >= 11 is 2.04. The van der Waals surface area contributed by atoms with Crippen molar-refractivity contribution in [1.82, 2.24) is 0 Å². The predicted octanol–water partition coefficient (Wildman–Crippen LogP) is 8.08. The Balaban J connectivity index is 1.31. The number of fused-ring (bicyclic) bond motifs is 7. The fourth-order valence-electron chi connectivity index (χ4n) is 9.61. The van der Waals surface area contributed by atoms with E-state index in [4.69, 9.17) is 9.31 Å². The molecule has 3 aromatic carbocycles. The van der Waals surface area contributed by atoms with E-state index in [1.807, 2.05) is 11.3 Å². The van der Waals surface area contributed by atoms with Gasteiger partial charge in [-0.3, -0.25) is 0 Å². The zero-order valence-corrected chi connectivity index (χ0v) is 23.7. The molecule has 0 unspecified atom stereocenters. The van der Waals surface area contributed by atoms with Gasteiger partial charge in [0.1, 0.15) is 0 Å². The molecule has 0 atom stereocenters. The Labute approximate surface area is 229 Å². The highest BCUT2D eigenvalue weighted by Gasteiger charge is 2.62. The Kier molecular flexibility index (Phi) is 4.25. The van der Waals surface area contributed by atoms with Crippen LogP contribution in [0.3, 0.4) is 0 Å². The summed E-state index contributed by atoms with van der Waals surface area (Å²) in [7, 11) is -0.322. The van der Waals surface area contributed by atoms with Gasteiger partial charge in [0.05, 0.1) is 11.2 Å². The molecule has 4 heteroatoms. The van der Waals surface area contributed by atoms with Gasteiger partial charge in [0.2, 0.25) is 0 Å². The van der Waals surface area contributed by atoms with Crippen molar-refractivity contribution < 1.29 is 9.31 Å². The molecule has 1 aromatic heterocycles. The fraction of sp³-hybridized carbons (Fsp3) is 0.471. The van der Waals surface area contributed by atoms with E-state index < -0.39 is 0 Å². The van der Waals surface area contributed by atoms with Gasteiger partial charge in [0.15, 0.2) is 0 Å². The van der Waals surface area contributed by atoms with Gasteiger partial charge in [-0.2, -0.15) is 0 Å². The number of thiophene rings is 1. The highest BCUT2D eigenvalue weighted by Crippen LogP contribution is 2.70. The van der Waals surface area contributed by atoms with E-state index in [9.17, 15) is 0 Å². The number of hydrogen-bond donors (Lipinski definition) is 0. The first-order chi connectivity index (χ1) is 18.3. The van der Waals surface area contributed by atoms with Crippen LogP contribution in [0.15, 0.2) is 54.6 Å². The molecule has 0 N–H and O–H groups in total. The molecule has 192 valence electrons. The first kappa shape index (κ1) is 22.7. The molecule has 1 saturated heterocycles. The Bertz CT molecular complexity index is 1620. The van der Waals surface area contributed by atoms with E-state index in [-0.39, 0.29) is 23.7 Å². The van der Waals surface area contributed by atoms with Gasteiger partial charge in [-0.05, 0) is 117 Å². The first-order valence-corrected chi connectivity index (χ1v) is 15.5. The molecule has 4 aromatic rings. The summed E-state index contributed by atoms with van der Waals surface area (Å²) in [6.07, 6.45) is 7.12. The van der Waals surface area contributed by atoms with Crippen molar-refractivity contribution in [3.63, 3.8) is 0 Å². The number of hydrogen-bond acceptors (Lipinski definition) is 3. The van der Waals surface area contributed by atoms with Crippen molar-refractivity contribution >= 4 is 44.1 Å². The quantitative estimate of drug-likeness (QED) is 0.237. The molecule has 10 rings (SSSR count). The third-order valence-electron chi connectivity index (χ3n) is 11.7. The molecule has 6 aliphatic rings. The van der Waals surface area contributed by atoms with Crippen LogP contribution in [-0.2, 0) is 14.7 Å². The lowest BCUT2D eigenvalue weighted by molar-refractivity contribution is -0.0393. The SMILES string of the molecule is CC1(C)OB(c2ccc3c(c2)-c2ccc4c(sc5ccccc54)c2C32C3CC4CC(C3)CC2C4)OC1(C)C. The van der Waals surface area contributed by atoms with Crippen LogP contribution >= 0.6 is 11.3 Å².